The van der Waals surface area contributed by atoms with Crippen LogP contribution in [-0.2, 0) is 0 Å². The molecule has 2 heterocycles. The normalized spacial score (nSPS) is 12.4. The quantitative estimate of drug-likeness (QED) is 0.942. The topological polar surface area (TPSA) is 72.4 Å². The first-order chi connectivity index (χ1) is 9.73. The molecule has 0 aliphatic carbocycles. The molecule has 0 radical (unpaired) electrons. The molecule has 0 aliphatic heterocycles. The predicted molar refractivity (Wildman–Crippen MR) is 79.1 cm³/mol. The molecule has 2 rings (SSSR count). The minimum absolute atomic E-state index is 0.180. The van der Waals surface area contributed by atoms with Crippen molar-refractivity contribution in [3.05, 3.63) is 56.4 Å². The van der Waals surface area contributed by atoms with E-state index in [0.717, 1.165) is 17.1 Å². The molecule has 1 atom stereocenters. The Hall–Kier alpha value is -2.30. The van der Waals surface area contributed by atoms with Crippen molar-refractivity contribution >= 4 is 5.97 Å². The zero-order valence-electron chi connectivity index (χ0n) is 12.9. The number of aryl methyl sites for hydroxylation is 3. The van der Waals surface area contributed by atoms with Crippen LogP contribution < -0.4 is 5.56 Å². The molecule has 0 saturated carbocycles. The van der Waals surface area contributed by atoms with Crippen LogP contribution >= 0.6 is 0 Å². The van der Waals surface area contributed by atoms with Crippen LogP contribution in [0.25, 0.3) is 0 Å². The highest BCUT2D eigenvalue weighted by atomic mass is 16.4. The summed E-state index contributed by atoms with van der Waals surface area (Å²) in [5, 5.41) is 9.34. The molecule has 0 fully saturated rings. The second kappa shape index (κ2) is 5.24. The smallest absolute Gasteiger partial charge is 0.337 e. The molecule has 112 valence electrons. The number of aromatic nitrogens is 1. The van der Waals surface area contributed by atoms with E-state index in [1.807, 2.05) is 26.8 Å². The lowest BCUT2D eigenvalue weighted by molar-refractivity contribution is 0.0694. The van der Waals surface area contributed by atoms with Gasteiger partial charge in [-0.25, -0.2) is 4.79 Å². The fourth-order valence-corrected chi connectivity index (χ4v) is 2.91. The predicted octanol–water partition coefficient (Wildman–Crippen LogP) is 2.98. The van der Waals surface area contributed by atoms with Crippen LogP contribution in [-0.4, -0.2) is 15.6 Å². The second-order valence-corrected chi connectivity index (χ2v) is 5.35. The Kier molecular flexibility index (Phi) is 3.77. The minimum Gasteiger partial charge on any atom is -0.478 e. The Morgan fingerprint density at radius 3 is 2.33 bits per heavy atom. The summed E-state index contributed by atoms with van der Waals surface area (Å²) in [5.41, 5.74) is 1.80. The Balaban J connectivity index is 2.69. The standard InChI is InChI=1S/C16H19NO4/c1-8-6-14(18)17(11(4)15(8)16(19)20)10(3)13-7-9(2)21-12(13)5/h6-7,10H,1-5H3,(H,19,20). The van der Waals surface area contributed by atoms with E-state index in [1.54, 1.807) is 13.8 Å². The van der Waals surface area contributed by atoms with Crippen LogP contribution in [0.4, 0.5) is 0 Å². The molecule has 0 aromatic carbocycles. The second-order valence-electron chi connectivity index (χ2n) is 5.35. The van der Waals surface area contributed by atoms with Gasteiger partial charge in [0.15, 0.2) is 0 Å². The van der Waals surface area contributed by atoms with Crippen molar-refractivity contribution in [3.63, 3.8) is 0 Å². The third-order valence-corrected chi connectivity index (χ3v) is 3.83. The number of pyridine rings is 1. The minimum atomic E-state index is -1.02. The molecule has 21 heavy (non-hydrogen) atoms. The average molecular weight is 289 g/mol. The highest BCUT2D eigenvalue weighted by Crippen LogP contribution is 2.26. The number of carboxylic acids is 1. The highest BCUT2D eigenvalue weighted by molar-refractivity contribution is 5.90. The molecule has 0 amide bonds. The van der Waals surface area contributed by atoms with Gasteiger partial charge in [0.2, 0.25) is 0 Å². The molecule has 2 aromatic heterocycles. The first-order valence-electron chi connectivity index (χ1n) is 6.77. The molecular formula is C16H19NO4. The first-order valence-corrected chi connectivity index (χ1v) is 6.77. The van der Waals surface area contributed by atoms with E-state index in [4.69, 9.17) is 4.42 Å². The summed E-state index contributed by atoms with van der Waals surface area (Å²) in [6.07, 6.45) is 0. The number of hydrogen-bond donors (Lipinski definition) is 1. The third-order valence-electron chi connectivity index (χ3n) is 3.83. The number of hydrogen-bond acceptors (Lipinski definition) is 3. The van der Waals surface area contributed by atoms with Gasteiger partial charge < -0.3 is 14.1 Å². The van der Waals surface area contributed by atoms with Crippen molar-refractivity contribution in [2.24, 2.45) is 0 Å². The lowest BCUT2D eigenvalue weighted by atomic mass is 10.0. The van der Waals surface area contributed by atoms with Gasteiger partial charge in [0.25, 0.3) is 5.56 Å². The highest BCUT2D eigenvalue weighted by Gasteiger charge is 2.22. The van der Waals surface area contributed by atoms with Gasteiger partial charge >= 0.3 is 5.97 Å². The Morgan fingerprint density at radius 1 is 1.24 bits per heavy atom. The van der Waals surface area contributed by atoms with Gasteiger partial charge in [0.05, 0.1) is 11.6 Å². The van der Waals surface area contributed by atoms with Gasteiger partial charge in [0, 0.05) is 17.3 Å². The zero-order valence-corrected chi connectivity index (χ0v) is 12.9. The molecule has 0 bridgehead atoms. The Morgan fingerprint density at radius 2 is 1.86 bits per heavy atom. The Bertz CT molecular complexity index is 767. The van der Waals surface area contributed by atoms with Crippen LogP contribution in [0.5, 0.6) is 0 Å². The van der Waals surface area contributed by atoms with E-state index in [1.165, 1.54) is 10.6 Å². The van der Waals surface area contributed by atoms with Gasteiger partial charge in [-0.2, -0.15) is 0 Å². The Labute approximate surface area is 122 Å². The van der Waals surface area contributed by atoms with E-state index >= 15 is 0 Å². The summed E-state index contributed by atoms with van der Waals surface area (Å²) >= 11 is 0. The fourth-order valence-electron chi connectivity index (χ4n) is 2.91. The average Bonchev–Trinajstić information content (AvgIpc) is 2.66. The van der Waals surface area contributed by atoms with Crippen molar-refractivity contribution in [1.29, 1.82) is 0 Å². The maximum atomic E-state index is 12.3. The van der Waals surface area contributed by atoms with Gasteiger partial charge in [-0.1, -0.05) is 0 Å². The van der Waals surface area contributed by atoms with Gasteiger partial charge in [-0.15, -0.1) is 0 Å². The third kappa shape index (κ3) is 2.51. The molecule has 1 unspecified atom stereocenters. The van der Waals surface area contributed by atoms with Crippen molar-refractivity contribution in [2.75, 3.05) is 0 Å². The van der Waals surface area contributed by atoms with Crippen LogP contribution in [0.1, 0.15) is 51.7 Å². The van der Waals surface area contributed by atoms with E-state index in [2.05, 4.69) is 0 Å². The number of aromatic carboxylic acids is 1. The number of carbonyl (C=O) groups is 1. The lowest BCUT2D eigenvalue weighted by Crippen LogP contribution is -2.28. The van der Waals surface area contributed by atoms with Gasteiger partial charge in [0.1, 0.15) is 11.5 Å². The van der Waals surface area contributed by atoms with Crippen molar-refractivity contribution < 1.29 is 14.3 Å². The number of carboxylic acid groups (broad SMARTS) is 1. The number of furan rings is 1. The van der Waals surface area contributed by atoms with E-state index in [0.29, 0.717) is 11.3 Å². The molecule has 5 nitrogen and oxygen atoms in total. The number of nitrogens with zero attached hydrogens (tertiary/aromatic N) is 1. The largest absolute Gasteiger partial charge is 0.478 e. The number of rotatable bonds is 3. The monoisotopic (exact) mass is 289 g/mol. The summed E-state index contributed by atoms with van der Waals surface area (Å²) in [7, 11) is 0. The SMILES string of the molecule is Cc1cc(C(C)n2c(C)c(C(=O)O)c(C)cc2=O)c(C)o1. The summed E-state index contributed by atoms with van der Waals surface area (Å²) in [6, 6.07) is 2.97. The van der Waals surface area contributed by atoms with Crippen LogP contribution in [0, 0.1) is 27.7 Å². The molecule has 0 saturated heterocycles. The molecule has 1 N–H and O–H groups in total. The maximum Gasteiger partial charge on any atom is 0.337 e. The summed E-state index contributed by atoms with van der Waals surface area (Å²) in [5.74, 6) is 0.486. The zero-order chi connectivity index (χ0) is 15.9. The van der Waals surface area contributed by atoms with Crippen LogP contribution in [0.3, 0.4) is 0 Å². The molecule has 5 heteroatoms. The van der Waals surface area contributed by atoms with Gasteiger partial charge in [-0.3, -0.25) is 4.79 Å². The van der Waals surface area contributed by atoms with Crippen molar-refractivity contribution in [2.45, 2.75) is 40.7 Å². The van der Waals surface area contributed by atoms with Crippen molar-refractivity contribution in [1.82, 2.24) is 4.57 Å². The lowest BCUT2D eigenvalue weighted by Gasteiger charge is -2.20. The summed E-state index contributed by atoms with van der Waals surface area (Å²) in [6.45, 7) is 8.85. The summed E-state index contributed by atoms with van der Waals surface area (Å²) < 4.78 is 7.01. The van der Waals surface area contributed by atoms with E-state index in [-0.39, 0.29) is 17.2 Å². The van der Waals surface area contributed by atoms with Crippen LogP contribution in [0.15, 0.2) is 21.3 Å². The molecule has 2 aromatic rings. The van der Waals surface area contributed by atoms with Crippen LogP contribution in [0.2, 0.25) is 0 Å². The van der Waals surface area contributed by atoms with E-state index < -0.39 is 5.97 Å². The molecule has 0 spiro atoms. The van der Waals surface area contributed by atoms with Gasteiger partial charge in [-0.05, 0) is 46.2 Å². The maximum absolute atomic E-state index is 12.3. The fraction of sp³-hybridized carbons (Fsp3) is 0.375. The first kappa shape index (κ1) is 15.1. The van der Waals surface area contributed by atoms with Crippen molar-refractivity contribution in [3.8, 4) is 0 Å². The molecular weight excluding hydrogens is 270 g/mol. The molecule has 0 aliphatic rings. The van der Waals surface area contributed by atoms with E-state index in [9.17, 15) is 14.7 Å². The summed E-state index contributed by atoms with van der Waals surface area (Å²) in [4.78, 5) is 23.7.